The molecule has 0 bridgehead atoms. The monoisotopic (exact) mass is 331 g/mol. The minimum Gasteiger partial charge on any atom is -0.331 e. The minimum atomic E-state index is -4.22. The molecule has 0 saturated carbocycles. The first-order valence-electron chi connectivity index (χ1n) is 6.91. The second-order valence-corrected chi connectivity index (χ2v) is 7.89. The molecule has 0 unspecified atom stereocenters. The van der Waals surface area contributed by atoms with Crippen molar-refractivity contribution in [3.63, 3.8) is 0 Å². The maximum Gasteiger partial charge on any atom is 0.294 e. The van der Waals surface area contributed by atoms with Gasteiger partial charge < -0.3 is 4.90 Å². The first-order chi connectivity index (χ1) is 9.75. The molecule has 6 nitrogen and oxygen atoms in total. The number of anilines is 1. The van der Waals surface area contributed by atoms with Crippen LogP contribution in [0.2, 0.25) is 0 Å². The molecule has 1 heterocycles. The Morgan fingerprint density at radius 3 is 2.62 bits per heavy atom. The molecule has 5 N–H and O–H groups in total. The van der Waals surface area contributed by atoms with E-state index in [-0.39, 0.29) is 4.90 Å². The molecule has 1 aromatic rings. The van der Waals surface area contributed by atoms with Gasteiger partial charge in [-0.2, -0.15) is 8.42 Å². The molecule has 0 aromatic heterocycles. The van der Waals surface area contributed by atoms with Crippen molar-refractivity contribution in [2.45, 2.75) is 47.5 Å². The van der Waals surface area contributed by atoms with Crippen LogP contribution in [0.5, 0.6) is 0 Å². The van der Waals surface area contributed by atoms with Crippen LogP contribution < -0.4 is 16.4 Å². The molecule has 8 heteroatoms. The Kier molecular flexibility index (Phi) is 4.84. The maximum absolute atomic E-state index is 11.2. The van der Waals surface area contributed by atoms with Crippen LogP contribution in [0.3, 0.4) is 0 Å². The summed E-state index contributed by atoms with van der Waals surface area (Å²) in [7, 11) is -4.22. The predicted molar refractivity (Wildman–Crippen MR) is 84.7 cm³/mol. The zero-order valence-electron chi connectivity index (χ0n) is 11.9. The summed E-state index contributed by atoms with van der Waals surface area (Å²) in [5, 5.41) is -1.09. The van der Waals surface area contributed by atoms with Gasteiger partial charge in [0.2, 0.25) is 0 Å². The molecule has 0 amide bonds. The summed E-state index contributed by atoms with van der Waals surface area (Å²) in [6.45, 7) is 2.87. The Morgan fingerprint density at radius 1 is 1.29 bits per heavy atom. The molecular weight excluding hydrogens is 310 g/mol. The van der Waals surface area contributed by atoms with Crippen molar-refractivity contribution in [2.75, 3.05) is 11.4 Å². The summed E-state index contributed by atoms with van der Waals surface area (Å²) in [4.78, 5) is 2.42. The molecule has 2 rings (SSSR count). The molecule has 0 radical (unpaired) electrons. The summed E-state index contributed by atoms with van der Waals surface area (Å²) in [5.74, 6) is 0. The number of nitrogens with zero attached hydrogens (tertiary/aromatic N) is 1. The van der Waals surface area contributed by atoms with Gasteiger partial charge in [-0.3, -0.25) is 16.0 Å². The van der Waals surface area contributed by atoms with Crippen molar-refractivity contribution in [1.29, 1.82) is 0 Å². The van der Waals surface area contributed by atoms with Crippen LogP contribution in [0.25, 0.3) is 0 Å². The van der Waals surface area contributed by atoms with Crippen LogP contribution in [0.15, 0.2) is 28.0 Å². The Balaban J connectivity index is 2.22. The van der Waals surface area contributed by atoms with Crippen LogP contribution in [0.4, 0.5) is 5.69 Å². The van der Waals surface area contributed by atoms with Crippen LogP contribution in [0.1, 0.15) is 32.6 Å². The van der Waals surface area contributed by atoms with E-state index < -0.39 is 15.2 Å². The third kappa shape index (κ3) is 3.70. The van der Waals surface area contributed by atoms with E-state index in [0.29, 0.717) is 4.90 Å². The van der Waals surface area contributed by atoms with Crippen LogP contribution >= 0.6 is 11.8 Å². The molecule has 0 aliphatic carbocycles. The van der Waals surface area contributed by atoms with Gasteiger partial charge in [0.15, 0.2) is 5.12 Å². The molecule has 1 aromatic carbocycles. The van der Waals surface area contributed by atoms with Crippen molar-refractivity contribution in [1.82, 2.24) is 0 Å². The fourth-order valence-corrected chi connectivity index (χ4v) is 4.07. The van der Waals surface area contributed by atoms with Crippen molar-refractivity contribution >= 4 is 27.6 Å². The maximum atomic E-state index is 11.2. The van der Waals surface area contributed by atoms with E-state index >= 15 is 0 Å². The Hall–Kier alpha value is -0.800. The smallest absolute Gasteiger partial charge is 0.294 e. The highest BCUT2D eigenvalue weighted by molar-refractivity contribution is 8.01. The van der Waals surface area contributed by atoms with E-state index in [9.17, 15) is 8.42 Å². The molecule has 0 spiro atoms. The number of unbranched alkanes of at least 4 members (excludes halogenated alkanes) is 3. The van der Waals surface area contributed by atoms with Gasteiger partial charge >= 0.3 is 0 Å². The Bertz CT molecular complexity index is 617. The molecule has 118 valence electrons. The normalized spacial score (nSPS) is 17.0. The molecule has 1 aliphatic heterocycles. The van der Waals surface area contributed by atoms with Gasteiger partial charge in [0.05, 0.1) is 10.6 Å². The number of hydrogen-bond acceptors (Lipinski definition) is 6. The van der Waals surface area contributed by atoms with Gasteiger partial charge in [0, 0.05) is 11.4 Å². The Morgan fingerprint density at radius 2 is 2.00 bits per heavy atom. The van der Waals surface area contributed by atoms with Crippen molar-refractivity contribution < 1.29 is 13.0 Å². The van der Waals surface area contributed by atoms with Gasteiger partial charge in [-0.05, 0) is 24.6 Å². The van der Waals surface area contributed by atoms with E-state index in [1.54, 1.807) is 6.07 Å². The molecule has 0 saturated heterocycles. The van der Waals surface area contributed by atoms with Gasteiger partial charge in [-0.25, -0.2) is 0 Å². The summed E-state index contributed by atoms with van der Waals surface area (Å²) in [6, 6.07) is 4.43. The lowest BCUT2D eigenvalue weighted by Crippen LogP contribution is -2.58. The largest absolute Gasteiger partial charge is 0.331 e. The topological polar surface area (TPSA) is 110 Å². The van der Waals surface area contributed by atoms with Gasteiger partial charge in [-0.15, -0.1) is 0 Å². The predicted octanol–water partition coefficient (Wildman–Crippen LogP) is 1.95. The zero-order valence-corrected chi connectivity index (χ0v) is 13.6. The van der Waals surface area contributed by atoms with E-state index in [2.05, 4.69) is 6.92 Å². The minimum absolute atomic E-state index is 0.141. The van der Waals surface area contributed by atoms with E-state index in [1.807, 2.05) is 4.90 Å². The molecule has 21 heavy (non-hydrogen) atoms. The SMILES string of the molecule is CCCCCCN1c2ccc(S(=O)(=O)O)cc2SC1(N)N. The Labute approximate surface area is 129 Å². The van der Waals surface area contributed by atoms with Crippen molar-refractivity contribution in [2.24, 2.45) is 11.5 Å². The van der Waals surface area contributed by atoms with Crippen molar-refractivity contribution in [3.05, 3.63) is 18.2 Å². The fourth-order valence-electron chi connectivity index (χ4n) is 2.37. The quantitative estimate of drug-likeness (QED) is 0.415. The van der Waals surface area contributed by atoms with Gasteiger partial charge in [-0.1, -0.05) is 37.9 Å². The average Bonchev–Trinajstić information content (AvgIpc) is 2.63. The van der Waals surface area contributed by atoms with E-state index in [1.165, 1.54) is 23.9 Å². The van der Waals surface area contributed by atoms with Crippen LogP contribution in [0, 0.1) is 0 Å². The second-order valence-electron chi connectivity index (χ2n) is 5.17. The fraction of sp³-hybridized carbons (Fsp3) is 0.538. The van der Waals surface area contributed by atoms with Crippen molar-refractivity contribution in [3.8, 4) is 0 Å². The number of thioether (sulfide) groups is 1. The number of fused-ring (bicyclic) bond motifs is 1. The van der Waals surface area contributed by atoms with E-state index in [0.717, 1.165) is 37.9 Å². The van der Waals surface area contributed by atoms with Gasteiger partial charge in [0.25, 0.3) is 10.1 Å². The molecule has 1 aliphatic rings. The number of benzene rings is 1. The molecular formula is C13H21N3O3S2. The second kappa shape index (κ2) is 6.13. The highest BCUT2D eigenvalue weighted by Gasteiger charge is 2.38. The number of rotatable bonds is 6. The number of hydrogen-bond donors (Lipinski definition) is 3. The molecule has 0 atom stereocenters. The molecule has 0 fully saturated rings. The first kappa shape index (κ1) is 16.6. The van der Waals surface area contributed by atoms with Gasteiger partial charge in [0.1, 0.15) is 0 Å². The third-order valence-electron chi connectivity index (χ3n) is 3.45. The summed E-state index contributed by atoms with van der Waals surface area (Å²) in [5.41, 5.74) is 13.0. The van der Waals surface area contributed by atoms with Crippen LogP contribution in [-0.2, 0) is 10.1 Å². The standard InChI is InChI=1S/C13H21N3O3S2/c1-2-3-4-5-8-16-11-7-6-10(21(17,18)19)9-12(11)20-13(16,14)15/h6-7,9H,2-5,8,14-15H2,1H3,(H,17,18,19). The lowest BCUT2D eigenvalue weighted by Gasteiger charge is -2.32. The lowest BCUT2D eigenvalue weighted by atomic mass is 10.2. The first-order valence-corrected chi connectivity index (χ1v) is 9.17. The van der Waals surface area contributed by atoms with Crippen LogP contribution in [-0.4, -0.2) is 24.6 Å². The lowest BCUT2D eigenvalue weighted by molar-refractivity contribution is 0.483. The average molecular weight is 331 g/mol. The summed E-state index contributed by atoms with van der Waals surface area (Å²) in [6.07, 6.45) is 4.40. The third-order valence-corrected chi connectivity index (χ3v) is 5.39. The van der Waals surface area contributed by atoms with E-state index in [4.69, 9.17) is 16.0 Å². The number of nitrogens with two attached hydrogens (primary N) is 2. The summed E-state index contributed by atoms with van der Waals surface area (Å²) < 4.78 is 31.5. The zero-order chi connectivity index (χ0) is 15.7. The highest BCUT2D eigenvalue weighted by Crippen LogP contribution is 2.46. The summed E-state index contributed by atoms with van der Waals surface area (Å²) >= 11 is 1.20. The highest BCUT2D eigenvalue weighted by atomic mass is 32.2.